The Kier molecular flexibility index (Phi) is 6.22. The van der Waals surface area contributed by atoms with Crippen LogP contribution in [0.4, 0.5) is 4.39 Å². The molecule has 1 amide bonds. The second kappa shape index (κ2) is 8.16. The van der Waals surface area contributed by atoms with Gasteiger partial charge in [0.1, 0.15) is 5.82 Å². The van der Waals surface area contributed by atoms with E-state index in [4.69, 9.17) is 0 Å². The molecule has 0 fully saturated rings. The monoisotopic (exact) mass is 331 g/mol. The van der Waals surface area contributed by atoms with Gasteiger partial charge in [0, 0.05) is 24.1 Å². The zero-order valence-electron chi connectivity index (χ0n) is 13.8. The van der Waals surface area contributed by atoms with Crippen LogP contribution in [-0.2, 0) is 4.79 Å². The van der Waals surface area contributed by atoms with Crippen LogP contribution in [0.1, 0.15) is 30.5 Å². The maximum atomic E-state index is 12.8. The lowest BCUT2D eigenvalue weighted by atomic mass is 10.1. The number of hydrogen-bond acceptors (Lipinski definition) is 2. The number of carbonyl (C=O) groups is 1. The number of thioether (sulfide) groups is 1. The molecule has 2 aromatic carbocycles. The number of aryl methyl sites for hydroxylation is 1. The largest absolute Gasteiger partial charge is 0.339 e. The van der Waals surface area contributed by atoms with E-state index < -0.39 is 0 Å². The molecule has 1 unspecified atom stereocenters. The third kappa shape index (κ3) is 5.10. The van der Waals surface area contributed by atoms with Crippen molar-refractivity contribution >= 4 is 17.7 Å². The zero-order chi connectivity index (χ0) is 16.8. The summed E-state index contributed by atoms with van der Waals surface area (Å²) in [6.45, 7) is 4.09. The molecule has 0 spiro atoms. The summed E-state index contributed by atoms with van der Waals surface area (Å²) in [5.41, 5.74) is 2.35. The second-order valence-electron chi connectivity index (χ2n) is 5.64. The first-order valence-electron chi connectivity index (χ1n) is 7.68. The minimum atomic E-state index is -0.239. The van der Waals surface area contributed by atoms with Crippen molar-refractivity contribution < 1.29 is 9.18 Å². The highest BCUT2D eigenvalue weighted by atomic mass is 32.2. The Bertz CT molecular complexity index is 639. The third-order valence-electron chi connectivity index (χ3n) is 3.93. The maximum Gasteiger partial charge on any atom is 0.223 e. The van der Waals surface area contributed by atoms with Crippen LogP contribution in [-0.4, -0.2) is 23.6 Å². The van der Waals surface area contributed by atoms with Crippen LogP contribution >= 0.6 is 11.8 Å². The van der Waals surface area contributed by atoms with Gasteiger partial charge >= 0.3 is 0 Å². The summed E-state index contributed by atoms with van der Waals surface area (Å²) in [6, 6.07) is 14.7. The highest BCUT2D eigenvalue weighted by molar-refractivity contribution is 7.99. The smallest absolute Gasteiger partial charge is 0.223 e. The number of rotatable bonds is 6. The molecule has 0 radical (unpaired) electrons. The van der Waals surface area contributed by atoms with E-state index in [0.717, 1.165) is 10.5 Å². The number of nitrogens with zero attached hydrogens (tertiary/aromatic N) is 1. The van der Waals surface area contributed by atoms with E-state index in [0.29, 0.717) is 12.2 Å². The number of benzene rings is 2. The van der Waals surface area contributed by atoms with Crippen LogP contribution < -0.4 is 0 Å². The van der Waals surface area contributed by atoms with E-state index in [2.05, 4.69) is 31.2 Å². The molecule has 0 heterocycles. The summed E-state index contributed by atoms with van der Waals surface area (Å²) in [4.78, 5) is 15.1. The minimum absolute atomic E-state index is 0.0546. The highest BCUT2D eigenvalue weighted by Crippen LogP contribution is 2.22. The molecule has 0 saturated heterocycles. The van der Waals surface area contributed by atoms with E-state index in [1.54, 1.807) is 28.8 Å². The van der Waals surface area contributed by atoms with Crippen molar-refractivity contribution in [1.29, 1.82) is 0 Å². The van der Waals surface area contributed by atoms with Gasteiger partial charge in [0.2, 0.25) is 5.91 Å². The maximum absolute atomic E-state index is 12.8. The van der Waals surface area contributed by atoms with E-state index >= 15 is 0 Å². The summed E-state index contributed by atoms with van der Waals surface area (Å²) in [5, 5.41) is 0. The average Bonchev–Trinajstić information content (AvgIpc) is 2.56. The Morgan fingerprint density at radius 2 is 1.74 bits per heavy atom. The molecule has 23 heavy (non-hydrogen) atoms. The fourth-order valence-electron chi connectivity index (χ4n) is 2.25. The number of carbonyl (C=O) groups excluding carboxylic acids is 1. The summed E-state index contributed by atoms with van der Waals surface area (Å²) in [7, 11) is 1.84. The van der Waals surface area contributed by atoms with Crippen LogP contribution in [0.2, 0.25) is 0 Å². The lowest BCUT2D eigenvalue weighted by Gasteiger charge is -2.25. The van der Waals surface area contributed by atoms with Crippen molar-refractivity contribution in [3.63, 3.8) is 0 Å². The molecule has 2 aromatic rings. The molecular formula is C19H22FNOS. The van der Waals surface area contributed by atoms with E-state index in [1.807, 2.05) is 14.0 Å². The van der Waals surface area contributed by atoms with E-state index in [9.17, 15) is 9.18 Å². The van der Waals surface area contributed by atoms with Crippen molar-refractivity contribution in [2.24, 2.45) is 0 Å². The van der Waals surface area contributed by atoms with Crippen molar-refractivity contribution in [1.82, 2.24) is 4.90 Å². The van der Waals surface area contributed by atoms with Gasteiger partial charge in [0.25, 0.3) is 0 Å². The molecular weight excluding hydrogens is 309 g/mol. The lowest BCUT2D eigenvalue weighted by Crippen LogP contribution is -2.29. The van der Waals surface area contributed by atoms with Crippen molar-refractivity contribution in [3.05, 3.63) is 65.5 Å². The van der Waals surface area contributed by atoms with Crippen LogP contribution in [0.15, 0.2) is 53.4 Å². The molecule has 0 aliphatic rings. The summed E-state index contributed by atoms with van der Waals surface area (Å²) in [5.74, 6) is 0.569. The SMILES string of the molecule is Cc1ccc(C(C)N(C)C(=O)CCSc2ccc(F)cc2)cc1. The van der Waals surface area contributed by atoms with Gasteiger partial charge in [-0.05, 0) is 43.7 Å². The molecule has 0 bridgehead atoms. The normalized spacial score (nSPS) is 12.0. The molecule has 0 aliphatic heterocycles. The first-order chi connectivity index (χ1) is 11.0. The molecule has 0 saturated carbocycles. The molecule has 0 aliphatic carbocycles. The standard InChI is InChI=1S/C19H22FNOS/c1-14-4-6-16(7-5-14)15(2)21(3)19(22)12-13-23-18-10-8-17(20)9-11-18/h4-11,15H,12-13H2,1-3H3. The summed E-state index contributed by atoms with van der Waals surface area (Å²) in [6.07, 6.45) is 0.467. The van der Waals surface area contributed by atoms with Crippen molar-refractivity contribution in [3.8, 4) is 0 Å². The molecule has 4 heteroatoms. The van der Waals surface area contributed by atoms with Crippen molar-refractivity contribution in [2.75, 3.05) is 12.8 Å². The van der Waals surface area contributed by atoms with Gasteiger partial charge in [-0.3, -0.25) is 4.79 Å². The van der Waals surface area contributed by atoms with Crippen LogP contribution in [0.25, 0.3) is 0 Å². The Balaban J connectivity index is 1.84. The minimum Gasteiger partial charge on any atom is -0.339 e. The Labute approximate surface area is 141 Å². The fourth-order valence-corrected chi connectivity index (χ4v) is 3.09. The van der Waals surface area contributed by atoms with Crippen LogP contribution in [0.3, 0.4) is 0 Å². The van der Waals surface area contributed by atoms with Crippen LogP contribution in [0, 0.1) is 12.7 Å². The van der Waals surface area contributed by atoms with Gasteiger partial charge in [-0.25, -0.2) is 4.39 Å². The molecule has 2 rings (SSSR count). The predicted octanol–water partition coefficient (Wildman–Crippen LogP) is 4.84. The summed E-state index contributed by atoms with van der Waals surface area (Å²) >= 11 is 1.57. The van der Waals surface area contributed by atoms with Gasteiger partial charge in [0.05, 0.1) is 6.04 Å². The molecule has 0 N–H and O–H groups in total. The Hall–Kier alpha value is -1.81. The van der Waals surface area contributed by atoms with Gasteiger partial charge in [0.15, 0.2) is 0 Å². The van der Waals surface area contributed by atoms with Crippen LogP contribution in [0.5, 0.6) is 0 Å². The first-order valence-corrected chi connectivity index (χ1v) is 8.66. The topological polar surface area (TPSA) is 20.3 Å². The quantitative estimate of drug-likeness (QED) is 0.706. The third-order valence-corrected chi connectivity index (χ3v) is 4.95. The predicted molar refractivity (Wildman–Crippen MR) is 94.1 cm³/mol. The first kappa shape index (κ1) is 17.5. The van der Waals surface area contributed by atoms with Gasteiger partial charge in [-0.2, -0.15) is 0 Å². The van der Waals surface area contributed by atoms with Gasteiger partial charge in [-0.15, -0.1) is 11.8 Å². The molecule has 0 aromatic heterocycles. The molecule has 2 nitrogen and oxygen atoms in total. The van der Waals surface area contributed by atoms with E-state index in [-0.39, 0.29) is 17.8 Å². The molecule has 1 atom stereocenters. The number of amides is 1. The van der Waals surface area contributed by atoms with Gasteiger partial charge in [-0.1, -0.05) is 29.8 Å². The van der Waals surface area contributed by atoms with E-state index in [1.165, 1.54) is 17.7 Å². The fraction of sp³-hybridized carbons (Fsp3) is 0.316. The summed E-state index contributed by atoms with van der Waals surface area (Å²) < 4.78 is 12.8. The van der Waals surface area contributed by atoms with Gasteiger partial charge < -0.3 is 4.90 Å². The second-order valence-corrected chi connectivity index (χ2v) is 6.81. The average molecular weight is 331 g/mol. The Morgan fingerprint density at radius 3 is 2.35 bits per heavy atom. The molecule has 122 valence electrons. The number of hydrogen-bond donors (Lipinski definition) is 0. The number of halogens is 1. The highest BCUT2D eigenvalue weighted by Gasteiger charge is 2.16. The Morgan fingerprint density at radius 1 is 1.13 bits per heavy atom. The van der Waals surface area contributed by atoms with Crippen molar-refractivity contribution in [2.45, 2.75) is 31.2 Å². The lowest BCUT2D eigenvalue weighted by molar-refractivity contribution is -0.131. The zero-order valence-corrected chi connectivity index (χ0v) is 14.6.